The molecule has 0 bridgehead atoms. The minimum atomic E-state index is -0.538. The van der Waals surface area contributed by atoms with Gasteiger partial charge in [-0.2, -0.15) is 0 Å². The van der Waals surface area contributed by atoms with Crippen LogP contribution in [-0.2, 0) is 19.7 Å². The lowest BCUT2D eigenvalue weighted by Crippen LogP contribution is -2.58. The number of benzene rings is 1. The Morgan fingerprint density at radius 2 is 2.00 bits per heavy atom. The summed E-state index contributed by atoms with van der Waals surface area (Å²) in [6, 6.07) is 10.1. The van der Waals surface area contributed by atoms with Gasteiger partial charge >= 0.3 is 0 Å². The van der Waals surface area contributed by atoms with Gasteiger partial charge in [-0.25, -0.2) is 0 Å². The first-order valence-corrected chi connectivity index (χ1v) is 7.78. The van der Waals surface area contributed by atoms with Crippen LogP contribution in [-0.4, -0.2) is 38.4 Å². The molecule has 0 aromatic heterocycles. The van der Waals surface area contributed by atoms with Gasteiger partial charge in [0.15, 0.2) is 0 Å². The molecule has 2 fully saturated rings. The van der Waals surface area contributed by atoms with E-state index in [-0.39, 0.29) is 17.9 Å². The number of amides is 1. The van der Waals surface area contributed by atoms with Gasteiger partial charge in [0.25, 0.3) is 0 Å². The van der Waals surface area contributed by atoms with Crippen molar-refractivity contribution in [3.05, 3.63) is 35.9 Å². The first-order chi connectivity index (χ1) is 10.2. The minimum Gasteiger partial charge on any atom is -0.379 e. The van der Waals surface area contributed by atoms with Crippen molar-refractivity contribution < 1.29 is 14.3 Å². The summed E-state index contributed by atoms with van der Waals surface area (Å²) in [7, 11) is 0. The van der Waals surface area contributed by atoms with E-state index in [1.807, 2.05) is 18.2 Å². The molecule has 21 heavy (non-hydrogen) atoms. The number of carbonyl (C=O) groups is 1. The lowest BCUT2D eigenvalue weighted by molar-refractivity contribution is -0.135. The molecule has 1 amide bonds. The van der Waals surface area contributed by atoms with E-state index in [0.29, 0.717) is 26.2 Å². The fraction of sp³-hybridized carbons (Fsp3) is 0.588. The average Bonchev–Trinajstić information content (AvgIpc) is 2.60. The van der Waals surface area contributed by atoms with Crippen LogP contribution in [0.2, 0.25) is 0 Å². The average molecular weight is 289 g/mol. The number of piperidine rings is 1. The quantitative estimate of drug-likeness (QED) is 0.859. The lowest BCUT2D eigenvalue weighted by Gasteiger charge is -2.45. The number of fused-ring (bicyclic) bond motifs is 1. The Morgan fingerprint density at radius 1 is 1.19 bits per heavy atom. The molecule has 1 aromatic rings. The maximum atomic E-state index is 12.9. The van der Waals surface area contributed by atoms with E-state index in [0.717, 1.165) is 18.5 Å². The number of hydrogen-bond donors (Lipinski definition) is 1. The van der Waals surface area contributed by atoms with E-state index in [1.54, 1.807) is 0 Å². The second-order valence-corrected chi connectivity index (χ2v) is 5.93. The zero-order valence-electron chi connectivity index (χ0n) is 12.5. The van der Waals surface area contributed by atoms with Crippen LogP contribution in [0.4, 0.5) is 0 Å². The van der Waals surface area contributed by atoms with Crippen LogP contribution in [0.25, 0.3) is 0 Å². The van der Waals surface area contributed by atoms with E-state index < -0.39 is 5.41 Å². The van der Waals surface area contributed by atoms with Crippen molar-refractivity contribution in [3.63, 3.8) is 0 Å². The van der Waals surface area contributed by atoms with E-state index in [2.05, 4.69) is 24.4 Å². The topological polar surface area (TPSA) is 47.6 Å². The third-order valence-electron chi connectivity index (χ3n) is 4.88. The lowest BCUT2D eigenvalue weighted by atomic mass is 9.63. The van der Waals surface area contributed by atoms with E-state index in [4.69, 9.17) is 9.47 Å². The highest BCUT2D eigenvalue weighted by molar-refractivity contribution is 5.89. The van der Waals surface area contributed by atoms with Crippen LogP contribution in [0.3, 0.4) is 0 Å². The molecule has 114 valence electrons. The molecule has 0 spiro atoms. The zero-order valence-corrected chi connectivity index (χ0v) is 12.5. The summed E-state index contributed by atoms with van der Waals surface area (Å²) in [4.78, 5) is 12.9. The Balaban J connectivity index is 2.07. The maximum Gasteiger partial charge on any atom is 0.231 e. The third kappa shape index (κ3) is 2.58. The molecule has 2 aliphatic rings. The molecule has 2 aliphatic heterocycles. The number of carbonyl (C=O) groups excluding carboxylic acids is 1. The highest BCUT2D eigenvalue weighted by Gasteiger charge is 2.51. The molecule has 0 radical (unpaired) electrons. The van der Waals surface area contributed by atoms with Crippen LogP contribution >= 0.6 is 0 Å². The van der Waals surface area contributed by atoms with Gasteiger partial charge in [0, 0.05) is 19.1 Å². The molecule has 1 N–H and O–H groups in total. The second kappa shape index (κ2) is 6.16. The van der Waals surface area contributed by atoms with Crippen molar-refractivity contribution >= 4 is 5.91 Å². The van der Waals surface area contributed by atoms with Crippen LogP contribution in [0.5, 0.6) is 0 Å². The van der Waals surface area contributed by atoms with E-state index in [9.17, 15) is 4.79 Å². The Kier molecular flexibility index (Phi) is 4.27. The first-order valence-electron chi connectivity index (χ1n) is 7.78. The number of hydrogen-bond acceptors (Lipinski definition) is 3. The third-order valence-corrected chi connectivity index (χ3v) is 4.88. The smallest absolute Gasteiger partial charge is 0.231 e. The van der Waals surface area contributed by atoms with Gasteiger partial charge in [-0.05, 0) is 25.3 Å². The minimum absolute atomic E-state index is 0.0537. The second-order valence-electron chi connectivity index (χ2n) is 5.93. The molecule has 3 atom stereocenters. The summed E-state index contributed by atoms with van der Waals surface area (Å²) < 4.78 is 11.6. The summed E-state index contributed by atoms with van der Waals surface area (Å²) in [5, 5.41) is 3.06. The van der Waals surface area contributed by atoms with Crippen molar-refractivity contribution in [3.8, 4) is 0 Å². The molecule has 1 aromatic carbocycles. The van der Waals surface area contributed by atoms with E-state index in [1.165, 1.54) is 0 Å². The molecule has 0 unspecified atom stereocenters. The summed E-state index contributed by atoms with van der Waals surface area (Å²) in [6.45, 7) is 4.61. The molecular weight excluding hydrogens is 266 g/mol. The van der Waals surface area contributed by atoms with Gasteiger partial charge in [-0.15, -0.1) is 0 Å². The Hall–Kier alpha value is -1.39. The SMILES string of the molecule is C[C@@H]1OCCOCC[C@]2(c3ccccc3)C(=O)NCC[C@@H]12. The van der Waals surface area contributed by atoms with Gasteiger partial charge in [0.2, 0.25) is 5.91 Å². The fourth-order valence-corrected chi connectivity index (χ4v) is 3.82. The molecule has 0 saturated carbocycles. The first kappa shape index (κ1) is 14.5. The van der Waals surface area contributed by atoms with Gasteiger partial charge < -0.3 is 14.8 Å². The zero-order chi connectivity index (χ0) is 14.7. The number of nitrogens with one attached hydrogen (secondary N) is 1. The highest BCUT2D eigenvalue weighted by Crippen LogP contribution is 2.43. The van der Waals surface area contributed by atoms with Crippen LogP contribution < -0.4 is 5.32 Å². The maximum absolute atomic E-state index is 12.9. The summed E-state index contributed by atoms with van der Waals surface area (Å²) in [6.07, 6.45) is 1.71. The predicted molar refractivity (Wildman–Crippen MR) is 80.1 cm³/mol. The van der Waals surface area contributed by atoms with Crippen molar-refractivity contribution in [2.24, 2.45) is 5.92 Å². The van der Waals surface area contributed by atoms with Crippen LogP contribution in [0, 0.1) is 5.92 Å². The standard InChI is InChI=1S/C17H23NO3/c1-13-15-7-9-18-16(19)17(15,8-10-20-11-12-21-13)14-5-3-2-4-6-14/h2-6,13,15H,7-12H2,1H3,(H,18,19)/t13-,15-,17+/m0/s1. The Labute approximate surface area is 125 Å². The predicted octanol–water partition coefficient (Wildman–Crippen LogP) is 1.89. The number of rotatable bonds is 1. The summed E-state index contributed by atoms with van der Waals surface area (Å²) in [5.74, 6) is 0.307. The van der Waals surface area contributed by atoms with Crippen molar-refractivity contribution in [1.82, 2.24) is 5.32 Å². The van der Waals surface area contributed by atoms with Gasteiger partial charge in [-0.3, -0.25) is 4.79 Å². The summed E-state index contributed by atoms with van der Waals surface area (Å²) >= 11 is 0. The molecule has 0 aliphatic carbocycles. The van der Waals surface area contributed by atoms with Crippen molar-refractivity contribution in [2.75, 3.05) is 26.4 Å². The molecule has 4 heteroatoms. The Morgan fingerprint density at radius 3 is 2.81 bits per heavy atom. The van der Waals surface area contributed by atoms with E-state index >= 15 is 0 Å². The molecule has 3 rings (SSSR count). The molecular formula is C17H23NO3. The van der Waals surface area contributed by atoms with Gasteiger partial charge in [0.05, 0.1) is 24.7 Å². The molecule has 2 saturated heterocycles. The monoisotopic (exact) mass is 289 g/mol. The van der Waals surface area contributed by atoms with Crippen LogP contribution in [0.1, 0.15) is 25.3 Å². The molecule has 2 heterocycles. The van der Waals surface area contributed by atoms with Crippen molar-refractivity contribution in [1.29, 1.82) is 0 Å². The Bertz CT molecular complexity index is 490. The fourth-order valence-electron chi connectivity index (χ4n) is 3.82. The highest BCUT2D eigenvalue weighted by atomic mass is 16.5. The van der Waals surface area contributed by atoms with Gasteiger partial charge in [-0.1, -0.05) is 30.3 Å². The van der Waals surface area contributed by atoms with Gasteiger partial charge in [0.1, 0.15) is 0 Å². The normalized spacial score (nSPS) is 34.0. The van der Waals surface area contributed by atoms with Crippen LogP contribution in [0.15, 0.2) is 30.3 Å². The summed E-state index contributed by atoms with van der Waals surface area (Å²) in [5.41, 5.74) is 0.539. The molecule has 4 nitrogen and oxygen atoms in total. The van der Waals surface area contributed by atoms with Crippen molar-refractivity contribution in [2.45, 2.75) is 31.3 Å². The largest absolute Gasteiger partial charge is 0.379 e. The number of ether oxygens (including phenoxy) is 2.